The van der Waals surface area contributed by atoms with Crippen LogP contribution in [0.4, 0.5) is 0 Å². The first kappa shape index (κ1) is 11.5. The van der Waals surface area contributed by atoms with Gasteiger partial charge in [0.25, 0.3) is 0 Å². The molecular weight excluding hydrogens is 176 g/mol. The first-order chi connectivity index (χ1) is 6.67. The maximum atomic E-state index is 11.2. The number of amides is 1. The van der Waals surface area contributed by atoms with Crippen molar-refractivity contribution in [1.29, 1.82) is 0 Å². The normalized spacial score (nSPS) is 24.9. The molecule has 0 aromatic carbocycles. The minimum atomic E-state index is 0. The molecule has 0 aliphatic carbocycles. The molecule has 84 valence electrons. The third-order valence-corrected chi connectivity index (χ3v) is 3.12. The zero-order valence-corrected chi connectivity index (χ0v) is 9.55. The Kier molecular flexibility index (Phi) is 4.39. The molecule has 1 aliphatic heterocycles. The SMILES string of the molecule is CCC(=O)NC1CCN(C(C)CC)C1.[HH]. The maximum absolute atomic E-state index is 11.2. The highest BCUT2D eigenvalue weighted by Gasteiger charge is 2.25. The number of carbonyl (C=O) groups excluding carboxylic acids is 1. The van der Waals surface area contributed by atoms with Crippen LogP contribution in [0.2, 0.25) is 0 Å². The van der Waals surface area contributed by atoms with Crippen LogP contribution in [0.5, 0.6) is 0 Å². The van der Waals surface area contributed by atoms with Gasteiger partial charge in [0.15, 0.2) is 0 Å². The van der Waals surface area contributed by atoms with Crippen LogP contribution in [0.1, 0.15) is 41.5 Å². The maximum Gasteiger partial charge on any atom is 0.219 e. The van der Waals surface area contributed by atoms with Gasteiger partial charge in [-0.15, -0.1) is 0 Å². The molecule has 0 aromatic heterocycles. The van der Waals surface area contributed by atoms with Crippen molar-refractivity contribution in [3.8, 4) is 0 Å². The van der Waals surface area contributed by atoms with E-state index in [-0.39, 0.29) is 7.33 Å². The highest BCUT2D eigenvalue weighted by atomic mass is 16.1. The van der Waals surface area contributed by atoms with Crippen LogP contribution in [0.3, 0.4) is 0 Å². The lowest BCUT2D eigenvalue weighted by Gasteiger charge is -2.22. The monoisotopic (exact) mass is 200 g/mol. The standard InChI is InChI=1S/C11H22N2O.H2/c1-4-9(3)13-7-6-10(8-13)12-11(14)5-2;/h9-10H,4-8H2,1-3H3,(H,12,14);1H. The van der Waals surface area contributed by atoms with E-state index >= 15 is 0 Å². The van der Waals surface area contributed by atoms with Crippen molar-refractivity contribution in [2.24, 2.45) is 0 Å². The minimum Gasteiger partial charge on any atom is -0.352 e. The zero-order valence-electron chi connectivity index (χ0n) is 9.55. The van der Waals surface area contributed by atoms with Gasteiger partial charge in [-0.25, -0.2) is 0 Å². The average molecular weight is 200 g/mol. The molecule has 2 atom stereocenters. The van der Waals surface area contributed by atoms with Crippen molar-refractivity contribution < 1.29 is 6.22 Å². The van der Waals surface area contributed by atoms with Crippen molar-refractivity contribution >= 4 is 5.91 Å². The number of hydrogen-bond acceptors (Lipinski definition) is 2. The minimum absolute atomic E-state index is 0. The van der Waals surface area contributed by atoms with Gasteiger partial charge in [0.05, 0.1) is 0 Å². The van der Waals surface area contributed by atoms with E-state index in [1.807, 2.05) is 6.92 Å². The highest BCUT2D eigenvalue weighted by Crippen LogP contribution is 2.14. The van der Waals surface area contributed by atoms with Crippen LogP contribution in [-0.4, -0.2) is 36.0 Å². The predicted molar refractivity (Wildman–Crippen MR) is 60.3 cm³/mol. The van der Waals surface area contributed by atoms with Crippen LogP contribution in [0.15, 0.2) is 0 Å². The predicted octanol–water partition coefficient (Wildman–Crippen LogP) is 1.63. The third-order valence-electron chi connectivity index (χ3n) is 3.12. The lowest BCUT2D eigenvalue weighted by atomic mass is 10.2. The molecule has 0 spiro atoms. The van der Waals surface area contributed by atoms with Gasteiger partial charge in [0.2, 0.25) is 5.91 Å². The van der Waals surface area contributed by atoms with E-state index in [1.165, 1.54) is 6.42 Å². The Labute approximate surface area is 88.3 Å². The van der Waals surface area contributed by atoms with Crippen LogP contribution in [-0.2, 0) is 4.79 Å². The van der Waals surface area contributed by atoms with Crippen LogP contribution >= 0.6 is 0 Å². The summed E-state index contributed by atoms with van der Waals surface area (Å²) >= 11 is 0. The van der Waals surface area contributed by atoms with E-state index in [0.29, 0.717) is 18.5 Å². The number of nitrogens with one attached hydrogen (secondary N) is 1. The Morgan fingerprint density at radius 3 is 2.93 bits per heavy atom. The third kappa shape index (κ3) is 2.98. The fourth-order valence-electron chi connectivity index (χ4n) is 1.89. The van der Waals surface area contributed by atoms with Gasteiger partial charge in [-0.2, -0.15) is 0 Å². The van der Waals surface area contributed by atoms with Crippen molar-refractivity contribution in [1.82, 2.24) is 10.2 Å². The smallest absolute Gasteiger partial charge is 0.219 e. The zero-order chi connectivity index (χ0) is 10.6. The Bertz CT molecular complexity index is 199. The van der Waals surface area contributed by atoms with Gasteiger partial charge in [-0.1, -0.05) is 13.8 Å². The Balaban J connectivity index is 0.00000196. The summed E-state index contributed by atoms with van der Waals surface area (Å²) in [7, 11) is 0. The van der Waals surface area contributed by atoms with Crippen LogP contribution in [0, 0.1) is 0 Å². The molecule has 3 heteroatoms. The van der Waals surface area contributed by atoms with Crippen molar-refractivity contribution in [3.63, 3.8) is 0 Å². The van der Waals surface area contributed by atoms with E-state index in [9.17, 15) is 4.79 Å². The van der Waals surface area contributed by atoms with Crippen LogP contribution in [0.25, 0.3) is 0 Å². The lowest BCUT2D eigenvalue weighted by molar-refractivity contribution is -0.121. The first-order valence-electron chi connectivity index (χ1n) is 5.70. The first-order valence-corrected chi connectivity index (χ1v) is 5.70. The second kappa shape index (κ2) is 5.35. The van der Waals surface area contributed by atoms with Crippen molar-refractivity contribution in [3.05, 3.63) is 0 Å². The Morgan fingerprint density at radius 2 is 2.36 bits per heavy atom. The summed E-state index contributed by atoms with van der Waals surface area (Å²) in [5.74, 6) is 0.181. The van der Waals surface area contributed by atoms with Gasteiger partial charge in [-0.05, 0) is 19.8 Å². The molecule has 14 heavy (non-hydrogen) atoms. The highest BCUT2D eigenvalue weighted by molar-refractivity contribution is 5.75. The second-order valence-electron chi connectivity index (χ2n) is 4.16. The summed E-state index contributed by atoms with van der Waals surface area (Å²) in [6.45, 7) is 8.52. The number of nitrogens with zero attached hydrogens (tertiary/aromatic N) is 1. The lowest BCUT2D eigenvalue weighted by Crippen LogP contribution is -2.38. The van der Waals surface area contributed by atoms with E-state index in [4.69, 9.17) is 0 Å². The van der Waals surface area contributed by atoms with Crippen LogP contribution < -0.4 is 5.32 Å². The number of rotatable bonds is 4. The van der Waals surface area contributed by atoms with Gasteiger partial charge in [-0.3, -0.25) is 9.69 Å². The molecule has 0 radical (unpaired) electrons. The van der Waals surface area contributed by atoms with Gasteiger partial charge >= 0.3 is 0 Å². The number of hydrogen-bond donors (Lipinski definition) is 1. The van der Waals surface area contributed by atoms with E-state index in [0.717, 1.165) is 19.5 Å². The van der Waals surface area contributed by atoms with E-state index in [2.05, 4.69) is 24.1 Å². The molecule has 0 aromatic rings. The molecule has 1 saturated heterocycles. The molecule has 0 saturated carbocycles. The van der Waals surface area contributed by atoms with Crippen molar-refractivity contribution in [2.75, 3.05) is 13.1 Å². The second-order valence-corrected chi connectivity index (χ2v) is 4.16. The van der Waals surface area contributed by atoms with E-state index < -0.39 is 0 Å². The molecule has 1 fully saturated rings. The quantitative estimate of drug-likeness (QED) is 0.748. The summed E-state index contributed by atoms with van der Waals surface area (Å²) in [4.78, 5) is 13.6. The molecule has 1 rings (SSSR count). The summed E-state index contributed by atoms with van der Waals surface area (Å²) in [5.41, 5.74) is 0. The molecule has 3 nitrogen and oxygen atoms in total. The summed E-state index contributed by atoms with van der Waals surface area (Å²) in [6.07, 6.45) is 2.89. The number of carbonyl (C=O) groups is 1. The van der Waals surface area contributed by atoms with Gasteiger partial charge in [0, 0.05) is 33.0 Å². The molecular formula is C11H24N2O. The fraction of sp³-hybridized carbons (Fsp3) is 0.909. The van der Waals surface area contributed by atoms with Gasteiger partial charge in [0.1, 0.15) is 0 Å². The Hall–Kier alpha value is -0.570. The number of likely N-dealkylation sites (tertiary alicyclic amines) is 1. The largest absolute Gasteiger partial charge is 0.352 e. The summed E-state index contributed by atoms with van der Waals surface area (Å²) < 4.78 is 0. The van der Waals surface area contributed by atoms with Gasteiger partial charge < -0.3 is 5.32 Å². The molecule has 1 amide bonds. The topological polar surface area (TPSA) is 32.3 Å². The molecule has 0 bridgehead atoms. The molecule has 2 unspecified atom stereocenters. The molecule has 1 N–H and O–H groups in total. The van der Waals surface area contributed by atoms with Crippen molar-refractivity contribution in [2.45, 2.75) is 52.1 Å². The Morgan fingerprint density at radius 1 is 1.64 bits per heavy atom. The summed E-state index contributed by atoms with van der Waals surface area (Å²) in [6, 6.07) is 1.04. The average Bonchev–Trinajstić information content (AvgIpc) is 2.65. The molecule has 1 aliphatic rings. The fourth-order valence-corrected chi connectivity index (χ4v) is 1.89. The summed E-state index contributed by atoms with van der Waals surface area (Å²) in [5, 5.41) is 3.06. The van der Waals surface area contributed by atoms with E-state index in [1.54, 1.807) is 0 Å². The molecule has 1 heterocycles.